The van der Waals surface area contributed by atoms with Crippen LogP contribution in [0.15, 0.2) is 60.7 Å². The molecule has 0 radical (unpaired) electrons. The van der Waals surface area contributed by atoms with Crippen LogP contribution in [0.4, 0.5) is 0 Å². The lowest BCUT2D eigenvalue weighted by Crippen LogP contribution is -2.11. The third-order valence-electron chi connectivity index (χ3n) is 6.14. The number of carboxylic acids is 2. The van der Waals surface area contributed by atoms with E-state index in [9.17, 15) is 19.8 Å². The standard InChI is InChI=1S/C29H32O4/c1-3-4-5-9-12-23-16-22(14-13-20(23)2)17-25-18-24(15-21-10-7-6-8-11-21)26(28(30)31)19-27(25)29(32)33/h6-8,10-11,13-14,16,18-19H,3-5,9,12,15,17H2,1-2H3,(H,30,31)(H,32,33). The van der Waals surface area contributed by atoms with E-state index in [4.69, 9.17) is 0 Å². The van der Waals surface area contributed by atoms with Gasteiger partial charge in [-0.15, -0.1) is 0 Å². The molecule has 3 rings (SSSR count). The molecule has 0 saturated heterocycles. The molecule has 0 aliphatic carbocycles. The Bertz CT molecular complexity index is 1120. The van der Waals surface area contributed by atoms with E-state index in [-0.39, 0.29) is 11.1 Å². The minimum Gasteiger partial charge on any atom is -0.478 e. The van der Waals surface area contributed by atoms with Gasteiger partial charge < -0.3 is 10.2 Å². The Hall–Kier alpha value is -3.40. The smallest absolute Gasteiger partial charge is 0.336 e. The maximum Gasteiger partial charge on any atom is 0.336 e. The van der Waals surface area contributed by atoms with E-state index in [1.807, 2.05) is 36.4 Å². The Labute approximate surface area is 195 Å². The molecule has 0 atom stereocenters. The molecule has 0 saturated carbocycles. The number of carbonyl (C=O) groups is 2. The Kier molecular flexibility index (Phi) is 8.42. The molecule has 0 aliphatic rings. The summed E-state index contributed by atoms with van der Waals surface area (Å²) in [7, 11) is 0. The molecule has 0 spiro atoms. The monoisotopic (exact) mass is 444 g/mol. The van der Waals surface area contributed by atoms with Gasteiger partial charge in [0.15, 0.2) is 0 Å². The number of hydrogen-bond donors (Lipinski definition) is 2. The maximum atomic E-state index is 12.0. The van der Waals surface area contributed by atoms with Crippen molar-refractivity contribution in [1.29, 1.82) is 0 Å². The highest BCUT2D eigenvalue weighted by Crippen LogP contribution is 2.25. The zero-order chi connectivity index (χ0) is 23.8. The van der Waals surface area contributed by atoms with Crippen LogP contribution in [0.5, 0.6) is 0 Å². The summed E-state index contributed by atoms with van der Waals surface area (Å²) in [5.41, 5.74) is 5.93. The van der Waals surface area contributed by atoms with Crippen LogP contribution in [-0.2, 0) is 19.3 Å². The van der Waals surface area contributed by atoms with Crippen LogP contribution in [0.3, 0.4) is 0 Å². The molecule has 4 heteroatoms. The van der Waals surface area contributed by atoms with Crippen LogP contribution in [0.1, 0.15) is 86.7 Å². The Morgan fingerprint density at radius 1 is 0.697 bits per heavy atom. The van der Waals surface area contributed by atoms with Gasteiger partial charge in [0.25, 0.3) is 0 Å². The second-order valence-corrected chi connectivity index (χ2v) is 8.69. The number of carboxylic acid groups (broad SMARTS) is 2. The number of unbranched alkanes of at least 4 members (excludes halogenated alkanes) is 3. The molecule has 0 bridgehead atoms. The summed E-state index contributed by atoms with van der Waals surface area (Å²) in [5, 5.41) is 19.5. The Morgan fingerprint density at radius 3 is 1.94 bits per heavy atom. The van der Waals surface area contributed by atoms with Crippen molar-refractivity contribution in [2.24, 2.45) is 0 Å². The van der Waals surface area contributed by atoms with Crippen LogP contribution in [0, 0.1) is 6.92 Å². The van der Waals surface area contributed by atoms with Crippen LogP contribution >= 0.6 is 0 Å². The summed E-state index contributed by atoms with van der Waals surface area (Å²) in [6, 6.07) is 19.0. The highest BCUT2D eigenvalue weighted by atomic mass is 16.4. The minimum absolute atomic E-state index is 0.0422. The molecule has 4 nitrogen and oxygen atoms in total. The molecule has 33 heavy (non-hydrogen) atoms. The van der Waals surface area contributed by atoms with Crippen molar-refractivity contribution >= 4 is 11.9 Å². The summed E-state index contributed by atoms with van der Waals surface area (Å²) < 4.78 is 0. The van der Waals surface area contributed by atoms with Gasteiger partial charge in [-0.1, -0.05) is 80.8 Å². The summed E-state index contributed by atoms with van der Waals surface area (Å²) in [5.74, 6) is -2.22. The van der Waals surface area contributed by atoms with E-state index < -0.39 is 11.9 Å². The van der Waals surface area contributed by atoms with Gasteiger partial charge in [-0.3, -0.25) is 0 Å². The largest absolute Gasteiger partial charge is 0.478 e. The van der Waals surface area contributed by atoms with Crippen molar-refractivity contribution in [2.45, 2.75) is 58.8 Å². The van der Waals surface area contributed by atoms with Crippen molar-refractivity contribution in [3.63, 3.8) is 0 Å². The molecule has 0 heterocycles. The lowest BCUT2D eigenvalue weighted by atomic mass is 9.90. The first-order valence-electron chi connectivity index (χ1n) is 11.6. The van der Waals surface area contributed by atoms with Gasteiger partial charge in [0.2, 0.25) is 0 Å². The lowest BCUT2D eigenvalue weighted by molar-refractivity contribution is 0.0695. The highest BCUT2D eigenvalue weighted by Gasteiger charge is 2.19. The van der Waals surface area contributed by atoms with Crippen molar-refractivity contribution in [3.05, 3.63) is 105 Å². The lowest BCUT2D eigenvalue weighted by Gasteiger charge is -2.14. The molecule has 2 N–H and O–H groups in total. The second kappa shape index (κ2) is 11.5. The van der Waals surface area contributed by atoms with Crippen LogP contribution in [-0.4, -0.2) is 22.2 Å². The van der Waals surface area contributed by atoms with Crippen molar-refractivity contribution < 1.29 is 19.8 Å². The molecular formula is C29H32O4. The van der Waals surface area contributed by atoms with E-state index in [1.54, 1.807) is 6.07 Å². The second-order valence-electron chi connectivity index (χ2n) is 8.69. The topological polar surface area (TPSA) is 74.6 Å². The summed E-state index contributed by atoms with van der Waals surface area (Å²) in [4.78, 5) is 23.9. The molecule has 3 aromatic rings. The summed E-state index contributed by atoms with van der Waals surface area (Å²) >= 11 is 0. The molecule has 0 unspecified atom stereocenters. The van der Waals surface area contributed by atoms with E-state index in [1.165, 1.54) is 36.5 Å². The van der Waals surface area contributed by atoms with Gasteiger partial charge in [-0.2, -0.15) is 0 Å². The fourth-order valence-electron chi connectivity index (χ4n) is 4.27. The van der Waals surface area contributed by atoms with Gasteiger partial charge in [0, 0.05) is 0 Å². The Balaban J connectivity index is 1.95. The summed E-state index contributed by atoms with van der Waals surface area (Å²) in [6.45, 7) is 4.31. The third kappa shape index (κ3) is 6.55. The SMILES string of the molecule is CCCCCCc1cc(Cc2cc(Cc3ccccc3)c(C(=O)O)cc2C(=O)O)ccc1C. The molecule has 0 aromatic heterocycles. The number of aromatic carboxylic acids is 2. The van der Waals surface area contributed by atoms with E-state index in [2.05, 4.69) is 26.0 Å². The predicted octanol–water partition coefficient (Wildman–Crippen LogP) is 6.70. The van der Waals surface area contributed by atoms with Crippen molar-refractivity contribution in [1.82, 2.24) is 0 Å². The fourth-order valence-corrected chi connectivity index (χ4v) is 4.27. The predicted molar refractivity (Wildman–Crippen MR) is 131 cm³/mol. The van der Waals surface area contributed by atoms with Crippen LogP contribution < -0.4 is 0 Å². The zero-order valence-corrected chi connectivity index (χ0v) is 19.4. The van der Waals surface area contributed by atoms with Gasteiger partial charge in [0.1, 0.15) is 0 Å². The van der Waals surface area contributed by atoms with Gasteiger partial charge in [-0.05, 0) is 72.1 Å². The normalized spacial score (nSPS) is 10.8. The summed E-state index contributed by atoms with van der Waals surface area (Å²) in [6.07, 6.45) is 6.70. The average molecular weight is 445 g/mol. The van der Waals surface area contributed by atoms with Gasteiger partial charge in [0.05, 0.1) is 11.1 Å². The molecule has 0 aliphatic heterocycles. The number of benzene rings is 3. The first-order valence-corrected chi connectivity index (χ1v) is 11.6. The van der Waals surface area contributed by atoms with E-state index in [0.717, 1.165) is 24.0 Å². The van der Waals surface area contributed by atoms with Crippen molar-refractivity contribution in [2.75, 3.05) is 0 Å². The minimum atomic E-state index is -1.11. The first kappa shape index (κ1) is 24.2. The zero-order valence-electron chi connectivity index (χ0n) is 19.4. The van der Waals surface area contributed by atoms with E-state index in [0.29, 0.717) is 24.0 Å². The molecule has 0 fully saturated rings. The van der Waals surface area contributed by atoms with E-state index >= 15 is 0 Å². The highest BCUT2D eigenvalue weighted by molar-refractivity contribution is 5.96. The van der Waals surface area contributed by atoms with Gasteiger partial charge in [-0.25, -0.2) is 9.59 Å². The van der Waals surface area contributed by atoms with Crippen molar-refractivity contribution in [3.8, 4) is 0 Å². The van der Waals surface area contributed by atoms with Crippen LogP contribution in [0.2, 0.25) is 0 Å². The van der Waals surface area contributed by atoms with Gasteiger partial charge >= 0.3 is 11.9 Å². The maximum absolute atomic E-state index is 12.0. The number of aryl methyl sites for hydroxylation is 2. The number of rotatable bonds is 11. The quantitative estimate of drug-likeness (QED) is 0.323. The number of hydrogen-bond acceptors (Lipinski definition) is 2. The molecular weight excluding hydrogens is 412 g/mol. The Morgan fingerprint density at radius 2 is 1.33 bits per heavy atom. The molecule has 3 aromatic carbocycles. The van der Waals surface area contributed by atoms with Crippen LogP contribution in [0.25, 0.3) is 0 Å². The molecule has 172 valence electrons. The molecule has 0 amide bonds. The first-order chi connectivity index (χ1) is 15.9. The fraction of sp³-hybridized carbons (Fsp3) is 0.310. The third-order valence-corrected chi connectivity index (χ3v) is 6.14. The average Bonchev–Trinajstić information content (AvgIpc) is 2.79.